The SMILES string of the molecule is NCCCNS(=O)(=O)c1cnn(CC(F)(F)F)c1. The number of aromatic nitrogens is 2. The molecule has 0 aliphatic heterocycles. The van der Waals surface area contributed by atoms with Gasteiger partial charge in [-0.25, -0.2) is 13.1 Å². The fourth-order valence-corrected chi connectivity index (χ4v) is 2.17. The minimum absolute atomic E-state index is 0.128. The molecule has 0 spiro atoms. The van der Waals surface area contributed by atoms with Gasteiger partial charge in [-0.2, -0.15) is 18.3 Å². The number of nitrogens with two attached hydrogens (primary N) is 1. The van der Waals surface area contributed by atoms with Gasteiger partial charge >= 0.3 is 6.18 Å². The van der Waals surface area contributed by atoms with Crippen LogP contribution in [-0.2, 0) is 16.6 Å². The minimum Gasteiger partial charge on any atom is -0.330 e. The molecule has 0 unspecified atom stereocenters. The topological polar surface area (TPSA) is 90.0 Å². The Morgan fingerprint density at radius 2 is 2.11 bits per heavy atom. The maximum atomic E-state index is 12.1. The predicted molar refractivity (Wildman–Crippen MR) is 57.1 cm³/mol. The molecule has 0 bridgehead atoms. The van der Waals surface area contributed by atoms with E-state index in [0.29, 0.717) is 17.6 Å². The largest absolute Gasteiger partial charge is 0.408 e. The third kappa shape index (κ3) is 4.63. The number of alkyl halides is 3. The third-order valence-corrected chi connectivity index (χ3v) is 3.35. The van der Waals surface area contributed by atoms with Crippen molar-refractivity contribution < 1.29 is 21.6 Å². The highest BCUT2D eigenvalue weighted by molar-refractivity contribution is 7.89. The Labute approximate surface area is 102 Å². The fourth-order valence-electron chi connectivity index (χ4n) is 1.15. The Balaban J connectivity index is 2.72. The third-order valence-electron chi connectivity index (χ3n) is 1.93. The molecular formula is C8H13F3N4O2S. The standard InChI is InChI=1S/C8H13F3N4O2S/c9-8(10,11)6-15-5-7(4-13-15)18(16,17)14-3-1-2-12/h4-5,14H,1-3,6,12H2. The average Bonchev–Trinajstić information content (AvgIpc) is 2.64. The molecule has 1 heterocycles. The molecule has 6 nitrogen and oxygen atoms in total. The zero-order valence-corrected chi connectivity index (χ0v) is 10.1. The van der Waals surface area contributed by atoms with E-state index < -0.39 is 22.7 Å². The molecule has 0 saturated carbocycles. The number of halogens is 3. The van der Waals surface area contributed by atoms with Crippen LogP contribution in [0.25, 0.3) is 0 Å². The summed E-state index contributed by atoms with van der Waals surface area (Å²) in [4.78, 5) is -0.302. The van der Waals surface area contributed by atoms with Gasteiger partial charge in [-0.05, 0) is 13.0 Å². The molecule has 1 aromatic rings. The first kappa shape index (κ1) is 14.9. The van der Waals surface area contributed by atoms with Crippen molar-refractivity contribution in [1.29, 1.82) is 0 Å². The van der Waals surface area contributed by atoms with E-state index in [-0.39, 0.29) is 11.4 Å². The van der Waals surface area contributed by atoms with Crippen LogP contribution in [0.5, 0.6) is 0 Å². The van der Waals surface area contributed by atoms with Crippen molar-refractivity contribution in [3.63, 3.8) is 0 Å². The zero-order valence-electron chi connectivity index (χ0n) is 9.31. The summed E-state index contributed by atoms with van der Waals surface area (Å²) in [7, 11) is -3.82. The van der Waals surface area contributed by atoms with Crippen LogP contribution in [-0.4, -0.2) is 37.5 Å². The van der Waals surface area contributed by atoms with Crippen LogP contribution in [0.15, 0.2) is 17.3 Å². The van der Waals surface area contributed by atoms with Crippen LogP contribution in [0.1, 0.15) is 6.42 Å². The molecule has 10 heteroatoms. The maximum Gasteiger partial charge on any atom is 0.408 e. The first-order valence-electron chi connectivity index (χ1n) is 5.03. The lowest BCUT2D eigenvalue weighted by atomic mass is 10.4. The molecule has 0 fully saturated rings. The zero-order chi connectivity index (χ0) is 13.8. The summed E-state index contributed by atoms with van der Waals surface area (Å²) in [5.74, 6) is 0. The number of hydrogen-bond acceptors (Lipinski definition) is 4. The van der Waals surface area contributed by atoms with Crippen molar-refractivity contribution in [2.75, 3.05) is 13.1 Å². The lowest BCUT2D eigenvalue weighted by molar-refractivity contribution is -0.142. The monoisotopic (exact) mass is 286 g/mol. The Hall–Kier alpha value is -1.13. The number of sulfonamides is 1. The Kier molecular flexibility index (Phi) is 4.71. The van der Waals surface area contributed by atoms with Gasteiger partial charge in [0, 0.05) is 12.7 Å². The van der Waals surface area contributed by atoms with Gasteiger partial charge in [0.15, 0.2) is 0 Å². The summed E-state index contributed by atoms with van der Waals surface area (Å²) in [6.07, 6.45) is -2.30. The molecule has 0 saturated heterocycles. The molecule has 1 aromatic heterocycles. The predicted octanol–water partition coefficient (Wildman–Crippen LogP) is 0.0725. The molecule has 0 aromatic carbocycles. The molecular weight excluding hydrogens is 273 g/mol. The van der Waals surface area contributed by atoms with Gasteiger partial charge in [-0.15, -0.1) is 0 Å². The van der Waals surface area contributed by atoms with E-state index in [4.69, 9.17) is 5.73 Å². The van der Waals surface area contributed by atoms with Crippen LogP contribution < -0.4 is 10.5 Å². The Morgan fingerprint density at radius 1 is 1.44 bits per heavy atom. The Bertz CT molecular complexity index is 483. The van der Waals surface area contributed by atoms with E-state index in [0.717, 1.165) is 12.4 Å². The van der Waals surface area contributed by atoms with Crippen LogP contribution in [0.2, 0.25) is 0 Å². The smallest absolute Gasteiger partial charge is 0.330 e. The molecule has 0 amide bonds. The molecule has 18 heavy (non-hydrogen) atoms. The lowest BCUT2D eigenvalue weighted by Crippen LogP contribution is -2.26. The normalized spacial score (nSPS) is 12.9. The van der Waals surface area contributed by atoms with Crippen LogP contribution in [0, 0.1) is 0 Å². The molecule has 1 rings (SSSR count). The summed E-state index contributed by atoms with van der Waals surface area (Å²) in [5.41, 5.74) is 5.19. The number of hydrogen-bond donors (Lipinski definition) is 2. The molecule has 0 aliphatic carbocycles. The highest BCUT2D eigenvalue weighted by atomic mass is 32.2. The summed E-state index contributed by atoms with van der Waals surface area (Å²) in [5, 5.41) is 3.35. The van der Waals surface area contributed by atoms with Crippen molar-refractivity contribution >= 4 is 10.0 Å². The van der Waals surface area contributed by atoms with Crippen LogP contribution >= 0.6 is 0 Å². The first-order valence-corrected chi connectivity index (χ1v) is 6.52. The van der Waals surface area contributed by atoms with E-state index in [1.54, 1.807) is 0 Å². The van der Waals surface area contributed by atoms with E-state index in [2.05, 4.69) is 9.82 Å². The second kappa shape index (κ2) is 5.67. The van der Waals surface area contributed by atoms with E-state index in [9.17, 15) is 21.6 Å². The summed E-state index contributed by atoms with van der Waals surface area (Å²) >= 11 is 0. The number of nitrogens with zero attached hydrogens (tertiary/aromatic N) is 2. The molecule has 0 aliphatic rings. The van der Waals surface area contributed by atoms with Gasteiger partial charge < -0.3 is 5.73 Å². The highest BCUT2D eigenvalue weighted by Crippen LogP contribution is 2.18. The van der Waals surface area contributed by atoms with E-state index >= 15 is 0 Å². The van der Waals surface area contributed by atoms with Gasteiger partial charge in [0.1, 0.15) is 11.4 Å². The van der Waals surface area contributed by atoms with Crippen LogP contribution in [0.4, 0.5) is 13.2 Å². The molecule has 3 N–H and O–H groups in total. The summed E-state index contributed by atoms with van der Waals surface area (Å²) in [6.45, 7) is -0.884. The van der Waals surface area contributed by atoms with Crippen molar-refractivity contribution in [3.8, 4) is 0 Å². The number of nitrogens with one attached hydrogen (secondary N) is 1. The van der Waals surface area contributed by atoms with E-state index in [1.807, 2.05) is 0 Å². The minimum atomic E-state index is -4.44. The van der Waals surface area contributed by atoms with Crippen molar-refractivity contribution in [3.05, 3.63) is 12.4 Å². The summed E-state index contributed by atoms with van der Waals surface area (Å²) < 4.78 is 62.1. The fraction of sp³-hybridized carbons (Fsp3) is 0.625. The highest BCUT2D eigenvalue weighted by Gasteiger charge is 2.29. The Morgan fingerprint density at radius 3 is 2.67 bits per heavy atom. The van der Waals surface area contributed by atoms with Crippen molar-refractivity contribution in [2.45, 2.75) is 24.0 Å². The average molecular weight is 286 g/mol. The van der Waals surface area contributed by atoms with Crippen molar-refractivity contribution in [2.24, 2.45) is 5.73 Å². The quantitative estimate of drug-likeness (QED) is 0.724. The summed E-state index contributed by atoms with van der Waals surface area (Å²) in [6, 6.07) is 0. The van der Waals surface area contributed by atoms with Gasteiger partial charge in [-0.1, -0.05) is 0 Å². The second-order valence-electron chi connectivity index (χ2n) is 3.53. The molecule has 104 valence electrons. The van der Waals surface area contributed by atoms with Crippen molar-refractivity contribution in [1.82, 2.24) is 14.5 Å². The number of rotatable bonds is 6. The van der Waals surface area contributed by atoms with Gasteiger partial charge in [-0.3, -0.25) is 4.68 Å². The van der Waals surface area contributed by atoms with Crippen LogP contribution in [0.3, 0.4) is 0 Å². The second-order valence-corrected chi connectivity index (χ2v) is 5.30. The van der Waals surface area contributed by atoms with Gasteiger partial charge in [0.05, 0.1) is 6.20 Å². The lowest BCUT2D eigenvalue weighted by Gasteiger charge is -2.05. The van der Waals surface area contributed by atoms with Gasteiger partial charge in [0.25, 0.3) is 0 Å². The first-order chi connectivity index (χ1) is 8.24. The maximum absolute atomic E-state index is 12.1. The van der Waals surface area contributed by atoms with E-state index in [1.165, 1.54) is 0 Å². The molecule has 0 radical (unpaired) electrons. The molecule has 0 atom stereocenters. The van der Waals surface area contributed by atoms with Gasteiger partial charge in [0.2, 0.25) is 10.0 Å².